The Morgan fingerprint density at radius 1 is 0.980 bits per heavy atom. The van der Waals surface area contributed by atoms with Crippen molar-refractivity contribution in [3.63, 3.8) is 0 Å². The number of aliphatic hydroxyl groups is 1. The molecule has 268 valence electrons. The number of nitrogens with zero attached hydrogens (tertiary/aromatic N) is 2. The first-order valence-corrected chi connectivity index (χ1v) is 17.9. The van der Waals surface area contributed by atoms with Crippen LogP contribution in [0, 0.1) is 24.4 Å². The third-order valence-electron chi connectivity index (χ3n) is 8.67. The Kier molecular flexibility index (Phi) is 13.4. The molecule has 1 aliphatic rings. The maximum Gasteiger partial charge on any atom is 0.251 e. The highest BCUT2D eigenvalue weighted by molar-refractivity contribution is 7.98. The molecule has 1 atom stereocenters. The molecule has 4 aromatic rings. The number of halogens is 4. The van der Waals surface area contributed by atoms with E-state index in [1.54, 1.807) is 12.1 Å². The summed E-state index contributed by atoms with van der Waals surface area (Å²) in [4.78, 5) is 17.6. The summed E-state index contributed by atoms with van der Waals surface area (Å²) in [5.41, 5.74) is 3.77. The molecule has 13 heteroatoms. The summed E-state index contributed by atoms with van der Waals surface area (Å²) >= 11 is 7.55. The smallest absolute Gasteiger partial charge is 0.251 e. The van der Waals surface area contributed by atoms with Crippen LogP contribution in [-0.2, 0) is 31.8 Å². The molecular weight excluding hydrogens is 691 g/mol. The Morgan fingerprint density at radius 3 is 2.30 bits per heavy atom. The lowest BCUT2D eigenvalue weighted by atomic mass is 9.71. The topological polar surface area (TPSA) is 94.8 Å². The summed E-state index contributed by atoms with van der Waals surface area (Å²) in [6.07, 6.45) is 2.46. The molecule has 0 bridgehead atoms. The van der Waals surface area contributed by atoms with Gasteiger partial charge in [-0.15, -0.1) is 0 Å². The highest BCUT2D eigenvalue weighted by atomic mass is 35.5. The van der Waals surface area contributed by atoms with Crippen LogP contribution in [0.15, 0.2) is 59.8 Å². The van der Waals surface area contributed by atoms with Crippen LogP contribution < -0.4 is 5.32 Å². The fraction of sp³-hybridized carbons (Fsp3) is 0.405. The fourth-order valence-electron chi connectivity index (χ4n) is 6.06. The molecule has 50 heavy (non-hydrogen) atoms. The summed E-state index contributed by atoms with van der Waals surface area (Å²) in [7, 11) is 0. The third kappa shape index (κ3) is 9.09. The maximum atomic E-state index is 15.4. The zero-order valence-electron chi connectivity index (χ0n) is 28.1. The van der Waals surface area contributed by atoms with Gasteiger partial charge in [-0.05, 0) is 86.7 Å². The van der Waals surface area contributed by atoms with E-state index in [1.807, 2.05) is 23.6 Å². The highest BCUT2D eigenvalue weighted by Crippen LogP contribution is 2.46. The summed E-state index contributed by atoms with van der Waals surface area (Å²) in [5.74, 6) is -2.78. The van der Waals surface area contributed by atoms with Gasteiger partial charge in [-0.2, -0.15) is 0 Å². The van der Waals surface area contributed by atoms with E-state index in [4.69, 9.17) is 35.9 Å². The Hall–Kier alpha value is -3.39. The Bertz CT molecular complexity index is 1750. The van der Waals surface area contributed by atoms with E-state index in [2.05, 4.69) is 18.3 Å². The Morgan fingerprint density at radius 2 is 1.64 bits per heavy atom. The van der Waals surface area contributed by atoms with Crippen molar-refractivity contribution < 1.29 is 37.3 Å². The van der Waals surface area contributed by atoms with E-state index in [9.17, 15) is 9.18 Å². The number of fused-ring (bicyclic) bond motifs is 1. The monoisotopic (exact) mass is 731 g/mol. The number of aryl methyl sites for hydroxylation is 2. The lowest BCUT2D eigenvalue weighted by Crippen LogP contribution is -2.31. The van der Waals surface area contributed by atoms with Gasteiger partial charge in [-0.3, -0.25) is 9.36 Å². The first kappa shape index (κ1) is 37.9. The van der Waals surface area contributed by atoms with E-state index in [0.717, 1.165) is 53.9 Å². The molecule has 1 aliphatic carbocycles. The number of aromatic nitrogens is 2. The van der Waals surface area contributed by atoms with Crippen molar-refractivity contribution in [1.82, 2.24) is 14.9 Å². The number of ether oxygens (including phenoxy) is 3. The number of rotatable bonds is 17. The van der Waals surface area contributed by atoms with Crippen LogP contribution in [0.25, 0.3) is 5.69 Å². The van der Waals surface area contributed by atoms with E-state index >= 15 is 8.78 Å². The molecule has 1 aromatic heterocycles. The van der Waals surface area contributed by atoms with Crippen LogP contribution >= 0.6 is 23.4 Å². The molecule has 0 saturated carbocycles. The van der Waals surface area contributed by atoms with Gasteiger partial charge in [-0.1, -0.05) is 35.5 Å². The average Bonchev–Trinajstić information content (AvgIpc) is 3.48. The minimum Gasteiger partial charge on any atom is -0.394 e. The second-order valence-corrected chi connectivity index (χ2v) is 13.5. The molecule has 0 radical (unpaired) electrons. The zero-order chi connectivity index (χ0) is 35.7. The molecule has 0 saturated heterocycles. The number of imidazole rings is 1. The third-order valence-corrected chi connectivity index (χ3v) is 10.1. The van der Waals surface area contributed by atoms with Crippen LogP contribution in [0.1, 0.15) is 58.2 Å². The SMILES string of the molecule is Cc1cc(C2(C)CCCc3nc(SCc4c(F)cc(C(=O)NCCOCCOCCOCCO)cc4F)n(-c4ccc(F)cc4)c32)ccc1Cl. The number of carbonyl (C=O) groups excluding carboxylic acids is 1. The largest absolute Gasteiger partial charge is 0.394 e. The number of hydrogen-bond acceptors (Lipinski definition) is 7. The molecule has 1 unspecified atom stereocenters. The standard InChI is InChI=1S/C37H41ClF3N3O5S/c1-24-20-26(5-10-30(24)38)37(2)11-3-4-33-34(37)44(28-8-6-27(39)7-9-28)36(43-33)50-23-29-31(40)21-25(22-32(29)41)35(46)42-12-14-47-16-18-49-19-17-48-15-13-45/h5-10,20-22,45H,3-4,11-19,23H2,1-2H3,(H,42,46). The number of hydrogen-bond donors (Lipinski definition) is 2. The molecule has 1 heterocycles. The van der Waals surface area contributed by atoms with Crippen LogP contribution in [0.4, 0.5) is 13.2 Å². The van der Waals surface area contributed by atoms with E-state index in [-0.39, 0.29) is 49.1 Å². The molecule has 2 N–H and O–H groups in total. The molecule has 5 rings (SSSR count). The Labute approximate surface area is 299 Å². The van der Waals surface area contributed by atoms with E-state index in [0.29, 0.717) is 42.3 Å². The van der Waals surface area contributed by atoms with Crippen LogP contribution in [0.5, 0.6) is 0 Å². The fourth-order valence-corrected chi connectivity index (χ4v) is 7.23. The van der Waals surface area contributed by atoms with Crippen molar-refractivity contribution in [2.75, 3.05) is 52.8 Å². The lowest BCUT2D eigenvalue weighted by Gasteiger charge is -2.36. The van der Waals surface area contributed by atoms with Gasteiger partial charge in [-0.25, -0.2) is 18.2 Å². The molecule has 8 nitrogen and oxygen atoms in total. The van der Waals surface area contributed by atoms with E-state index in [1.165, 1.54) is 23.9 Å². The number of amides is 1. The van der Waals surface area contributed by atoms with Gasteiger partial charge in [0.15, 0.2) is 5.16 Å². The second kappa shape index (κ2) is 17.7. The molecule has 0 aliphatic heterocycles. The van der Waals surface area contributed by atoms with Crippen LogP contribution in [-0.4, -0.2) is 73.4 Å². The molecule has 0 fully saturated rings. The van der Waals surface area contributed by atoms with Gasteiger partial charge < -0.3 is 24.6 Å². The average molecular weight is 732 g/mol. The van der Waals surface area contributed by atoms with Gasteiger partial charge in [0, 0.05) is 39.5 Å². The first-order valence-electron chi connectivity index (χ1n) is 16.5. The van der Waals surface area contributed by atoms with Crippen molar-refractivity contribution >= 4 is 29.3 Å². The second-order valence-electron chi connectivity index (χ2n) is 12.2. The molecule has 0 spiro atoms. The predicted molar refractivity (Wildman–Crippen MR) is 187 cm³/mol. The molecule has 3 aromatic carbocycles. The number of benzene rings is 3. The van der Waals surface area contributed by atoms with Gasteiger partial charge in [0.25, 0.3) is 5.91 Å². The summed E-state index contributed by atoms with van der Waals surface area (Å²) in [5, 5.41) is 12.5. The van der Waals surface area contributed by atoms with Crippen molar-refractivity contribution in [1.29, 1.82) is 0 Å². The quantitative estimate of drug-likeness (QED) is 0.0897. The van der Waals surface area contributed by atoms with Gasteiger partial charge in [0.2, 0.25) is 0 Å². The van der Waals surface area contributed by atoms with Crippen molar-refractivity contribution in [2.24, 2.45) is 0 Å². The Balaban J connectivity index is 1.28. The van der Waals surface area contributed by atoms with Crippen molar-refractivity contribution in [3.05, 3.63) is 111 Å². The summed E-state index contributed by atoms with van der Waals surface area (Å²) in [6, 6.07) is 14.2. The summed E-state index contributed by atoms with van der Waals surface area (Å²) < 4.78 is 62.6. The summed E-state index contributed by atoms with van der Waals surface area (Å²) in [6.45, 7) is 6.04. The predicted octanol–water partition coefficient (Wildman–Crippen LogP) is 6.96. The minimum absolute atomic E-state index is 0.0436. The zero-order valence-corrected chi connectivity index (χ0v) is 29.6. The van der Waals surface area contributed by atoms with Gasteiger partial charge >= 0.3 is 0 Å². The van der Waals surface area contributed by atoms with Gasteiger partial charge in [0.05, 0.1) is 57.6 Å². The van der Waals surface area contributed by atoms with Crippen molar-refractivity contribution in [2.45, 2.75) is 49.4 Å². The number of carbonyl (C=O) groups is 1. The maximum absolute atomic E-state index is 15.4. The van der Waals surface area contributed by atoms with Crippen LogP contribution in [0.3, 0.4) is 0 Å². The van der Waals surface area contributed by atoms with Gasteiger partial charge in [0.1, 0.15) is 17.5 Å². The van der Waals surface area contributed by atoms with Crippen molar-refractivity contribution in [3.8, 4) is 5.69 Å². The molecular formula is C37H41ClF3N3O5S. The number of nitrogens with one attached hydrogen (secondary N) is 1. The highest BCUT2D eigenvalue weighted by Gasteiger charge is 2.39. The van der Waals surface area contributed by atoms with E-state index < -0.39 is 23.0 Å². The first-order chi connectivity index (χ1) is 24.1. The van der Waals surface area contributed by atoms with Crippen LogP contribution in [0.2, 0.25) is 5.02 Å². The number of thioether (sulfide) groups is 1. The normalized spacial score (nSPS) is 15.7. The molecule has 1 amide bonds. The lowest BCUT2D eigenvalue weighted by molar-refractivity contribution is 0.00825. The number of aliphatic hydroxyl groups excluding tert-OH is 1. The minimum atomic E-state index is -0.842.